The van der Waals surface area contributed by atoms with E-state index in [0.29, 0.717) is 12.5 Å². The van der Waals surface area contributed by atoms with Gasteiger partial charge >= 0.3 is 0 Å². The van der Waals surface area contributed by atoms with Gasteiger partial charge in [0.15, 0.2) is 0 Å². The first-order valence-corrected chi connectivity index (χ1v) is 8.79. The lowest BCUT2D eigenvalue weighted by Gasteiger charge is -2.27. The van der Waals surface area contributed by atoms with Crippen LogP contribution < -0.4 is 15.4 Å². The molecule has 2 rings (SSSR count). The number of thiophene rings is 1. The predicted octanol–water partition coefficient (Wildman–Crippen LogP) is 0.124. The zero-order valence-electron chi connectivity index (χ0n) is 9.98. The van der Waals surface area contributed by atoms with Gasteiger partial charge in [-0.25, -0.2) is 13.1 Å². The number of hydrogen-bond donors (Lipinski definition) is 3. The summed E-state index contributed by atoms with van der Waals surface area (Å²) in [6, 6.07) is 3.15. The second-order valence-electron chi connectivity index (χ2n) is 4.21. The summed E-state index contributed by atoms with van der Waals surface area (Å²) in [5, 5.41) is 5.80. The van der Waals surface area contributed by atoms with E-state index in [0.717, 1.165) is 28.2 Å². The first-order chi connectivity index (χ1) is 8.97. The van der Waals surface area contributed by atoms with Crippen molar-refractivity contribution in [3.8, 4) is 0 Å². The van der Waals surface area contributed by atoms with E-state index < -0.39 is 10.0 Å². The maximum absolute atomic E-state index is 11.8. The number of halogens is 1. The molecule has 0 aliphatic carbocycles. The topological polar surface area (TPSA) is 87.3 Å². The number of carbonyl (C=O) groups excluding carboxylic acids is 1. The summed E-state index contributed by atoms with van der Waals surface area (Å²) in [5.41, 5.74) is 0. The third-order valence-corrected chi connectivity index (χ3v) is 6.21. The van der Waals surface area contributed by atoms with Gasteiger partial charge in [-0.05, 0) is 28.1 Å². The van der Waals surface area contributed by atoms with Gasteiger partial charge in [0.2, 0.25) is 5.91 Å². The Bertz CT molecular complexity index is 554. The Morgan fingerprint density at radius 1 is 1.47 bits per heavy atom. The number of hydrogen-bond acceptors (Lipinski definition) is 5. The van der Waals surface area contributed by atoms with Crippen LogP contribution in [0.4, 0.5) is 0 Å². The summed E-state index contributed by atoms with van der Waals surface area (Å²) >= 11 is 4.30. The van der Waals surface area contributed by atoms with Crippen molar-refractivity contribution >= 4 is 43.2 Å². The minimum Gasteiger partial charge on any atom is -0.355 e. The van der Waals surface area contributed by atoms with Crippen LogP contribution in [0.25, 0.3) is 0 Å². The Morgan fingerprint density at radius 3 is 2.74 bits per heavy atom. The molecule has 9 heteroatoms. The van der Waals surface area contributed by atoms with E-state index in [4.69, 9.17) is 0 Å². The van der Waals surface area contributed by atoms with Gasteiger partial charge in [0, 0.05) is 25.6 Å². The number of amides is 1. The minimum absolute atomic E-state index is 0.190. The number of rotatable bonds is 6. The predicted molar refractivity (Wildman–Crippen MR) is 76.6 cm³/mol. The Hall–Kier alpha value is -0.480. The van der Waals surface area contributed by atoms with Crippen molar-refractivity contribution in [1.29, 1.82) is 0 Å². The van der Waals surface area contributed by atoms with Crippen LogP contribution in [0.2, 0.25) is 0 Å². The van der Waals surface area contributed by atoms with E-state index >= 15 is 0 Å². The lowest BCUT2D eigenvalue weighted by Crippen LogP contribution is -2.49. The first-order valence-electron chi connectivity index (χ1n) is 5.70. The number of carbonyl (C=O) groups is 1. The van der Waals surface area contributed by atoms with Gasteiger partial charge in [0.25, 0.3) is 10.0 Å². The van der Waals surface area contributed by atoms with Crippen LogP contribution in [-0.4, -0.2) is 40.5 Å². The monoisotopic (exact) mass is 367 g/mol. The molecule has 1 aliphatic rings. The summed E-state index contributed by atoms with van der Waals surface area (Å²) in [6.45, 7) is 2.14. The van der Waals surface area contributed by atoms with E-state index in [1.54, 1.807) is 6.07 Å². The molecule has 2 heterocycles. The fraction of sp³-hybridized carbons (Fsp3) is 0.500. The van der Waals surface area contributed by atoms with E-state index in [2.05, 4.69) is 31.3 Å². The van der Waals surface area contributed by atoms with Crippen molar-refractivity contribution < 1.29 is 13.2 Å². The van der Waals surface area contributed by atoms with Crippen LogP contribution in [0.15, 0.2) is 20.1 Å². The average Bonchev–Trinajstić information content (AvgIpc) is 2.72. The van der Waals surface area contributed by atoms with Crippen molar-refractivity contribution in [2.45, 2.75) is 4.21 Å². The Kier molecular flexibility index (Phi) is 4.96. The molecular formula is C10H14BrN3O3S2. The molecule has 106 valence electrons. The van der Waals surface area contributed by atoms with Crippen molar-refractivity contribution in [1.82, 2.24) is 15.4 Å². The lowest BCUT2D eigenvalue weighted by molar-refractivity contribution is -0.120. The highest BCUT2D eigenvalue weighted by Gasteiger charge is 2.19. The Labute approximate surface area is 124 Å². The van der Waals surface area contributed by atoms with Crippen LogP contribution in [-0.2, 0) is 14.8 Å². The maximum Gasteiger partial charge on any atom is 0.250 e. The summed E-state index contributed by atoms with van der Waals surface area (Å²) in [5.74, 6) is 0.139. The molecule has 1 saturated heterocycles. The molecule has 1 aromatic rings. The third kappa shape index (κ3) is 4.25. The number of sulfonamides is 1. The fourth-order valence-corrected chi connectivity index (χ4v) is 4.52. The van der Waals surface area contributed by atoms with E-state index in [-0.39, 0.29) is 16.7 Å². The summed E-state index contributed by atoms with van der Waals surface area (Å²) < 4.78 is 26.9. The SMILES string of the molecule is O=C(CNS(=O)(=O)c1ccc(Br)s1)NCC1CNC1. The van der Waals surface area contributed by atoms with Crippen LogP contribution in [0.5, 0.6) is 0 Å². The van der Waals surface area contributed by atoms with E-state index in [9.17, 15) is 13.2 Å². The van der Waals surface area contributed by atoms with Crippen LogP contribution in [0, 0.1) is 5.92 Å². The van der Waals surface area contributed by atoms with Gasteiger partial charge in [-0.2, -0.15) is 0 Å². The lowest BCUT2D eigenvalue weighted by atomic mass is 10.0. The van der Waals surface area contributed by atoms with Crippen molar-refractivity contribution in [3.63, 3.8) is 0 Å². The first kappa shape index (κ1) is 14.9. The van der Waals surface area contributed by atoms with Crippen molar-refractivity contribution in [2.75, 3.05) is 26.2 Å². The van der Waals surface area contributed by atoms with Gasteiger partial charge in [0.05, 0.1) is 10.3 Å². The molecule has 0 unspecified atom stereocenters. The summed E-state index contributed by atoms with van der Waals surface area (Å²) in [4.78, 5) is 11.5. The molecule has 6 nitrogen and oxygen atoms in total. The fourth-order valence-electron chi connectivity index (χ4n) is 1.49. The molecule has 0 aromatic carbocycles. The Morgan fingerprint density at radius 2 is 2.21 bits per heavy atom. The van der Waals surface area contributed by atoms with Gasteiger partial charge in [-0.3, -0.25) is 4.79 Å². The van der Waals surface area contributed by atoms with Gasteiger partial charge in [0.1, 0.15) is 4.21 Å². The maximum atomic E-state index is 11.8. The van der Waals surface area contributed by atoms with Crippen molar-refractivity contribution in [2.24, 2.45) is 5.92 Å². The number of nitrogens with one attached hydrogen (secondary N) is 3. The highest BCUT2D eigenvalue weighted by atomic mass is 79.9. The zero-order chi connectivity index (χ0) is 13.9. The highest BCUT2D eigenvalue weighted by Crippen LogP contribution is 2.25. The Balaban J connectivity index is 1.78. The molecule has 1 aliphatic heterocycles. The van der Waals surface area contributed by atoms with E-state index in [1.165, 1.54) is 6.07 Å². The molecule has 1 amide bonds. The third-order valence-electron chi connectivity index (χ3n) is 2.69. The second-order valence-corrected chi connectivity index (χ2v) is 8.67. The second kappa shape index (κ2) is 6.31. The molecule has 3 N–H and O–H groups in total. The highest BCUT2D eigenvalue weighted by molar-refractivity contribution is 9.11. The molecular weight excluding hydrogens is 354 g/mol. The molecule has 19 heavy (non-hydrogen) atoms. The quantitative estimate of drug-likeness (QED) is 0.666. The van der Waals surface area contributed by atoms with Gasteiger partial charge in [-0.15, -0.1) is 11.3 Å². The molecule has 1 aromatic heterocycles. The summed E-state index contributed by atoms with van der Waals surface area (Å²) in [6.07, 6.45) is 0. The summed E-state index contributed by atoms with van der Waals surface area (Å²) in [7, 11) is -3.60. The molecule has 0 spiro atoms. The van der Waals surface area contributed by atoms with Crippen LogP contribution >= 0.6 is 27.3 Å². The molecule has 0 radical (unpaired) electrons. The molecule has 0 atom stereocenters. The van der Waals surface area contributed by atoms with Gasteiger partial charge < -0.3 is 10.6 Å². The molecule has 0 saturated carbocycles. The average molecular weight is 368 g/mol. The van der Waals surface area contributed by atoms with E-state index in [1.807, 2.05) is 0 Å². The van der Waals surface area contributed by atoms with Gasteiger partial charge in [-0.1, -0.05) is 0 Å². The normalized spacial score (nSPS) is 16.1. The van der Waals surface area contributed by atoms with Crippen molar-refractivity contribution in [3.05, 3.63) is 15.9 Å². The molecule has 0 bridgehead atoms. The van der Waals surface area contributed by atoms with Crippen LogP contribution in [0.1, 0.15) is 0 Å². The minimum atomic E-state index is -3.60. The zero-order valence-corrected chi connectivity index (χ0v) is 13.2. The standard InChI is InChI=1S/C10H14BrN3O3S2/c11-8-1-2-10(18-8)19(16,17)14-6-9(15)13-5-7-3-12-4-7/h1-2,7,12,14H,3-6H2,(H,13,15). The largest absolute Gasteiger partial charge is 0.355 e. The molecule has 1 fully saturated rings. The smallest absolute Gasteiger partial charge is 0.250 e. The van der Waals surface area contributed by atoms with Crippen LogP contribution in [0.3, 0.4) is 0 Å².